The highest BCUT2D eigenvalue weighted by molar-refractivity contribution is 5.93. The van der Waals surface area contributed by atoms with Crippen LogP contribution in [0.25, 0.3) is 40.1 Å². The van der Waals surface area contributed by atoms with E-state index in [-0.39, 0.29) is 16.9 Å². The number of para-hydroxylation sites is 2. The van der Waals surface area contributed by atoms with Gasteiger partial charge in [0.25, 0.3) is 0 Å². The molecule has 0 amide bonds. The van der Waals surface area contributed by atoms with Gasteiger partial charge in [-0.2, -0.15) is 0 Å². The first-order valence-corrected chi connectivity index (χ1v) is 24.0. The molecule has 12 rings (SSSR count). The third-order valence-electron chi connectivity index (χ3n) is 15.5. The predicted octanol–water partition coefficient (Wildman–Crippen LogP) is 16.6. The Morgan fingerprint density at radius 3 is 2.08 bits per heavy atom. The lowest BCUT2D eigenvalue weighted by atomic mass is 9.73. The number of anilines is 4. The fourth-order valence-electron chi connectivity index (χ4n) is 11.9. The first-order valence-electron chi connectivity index (χ1n) is 24.0. The van der Waals surface area contributed by atoms with E-state index in [4.69, 9.17) is 0 Å². The first kappa shape index (κ1) is 40.4. The molecule has 0 aliphatic heterocycles. The van der Waals surface area contributed by atoms with Crippen molar-refractivity contribution in [3.8, 4) is 0 Å². The van der Waals surface area contributed by atoms with Gasteiger partial charge in [-0.15, -0.1) is 0 Å². The highest BCUT2D eigenvalue weighted by Gasteiger charge is 2.45. The predicted molar refractivity (Wildman–Crippen MR) is 281 cm³/mol. The fraction of sp³-hybridized carbons (Fsp3) is 0.188. The van der Waals surface area contributed by atoms with E-state index in [2.05, 4.69) is 244 Å². The minimum absolute atomic E-state index is 0.0312. The summed E-state index contributed by atoms with van der Waals surface area (Å²) in [7, 11) is 0. The summed E-state index contributed by atoms with van der Waals surface area (Å²) in [6.07, 6.45) is 23.3. The van der Waals surface area contributed by atoms with Gasteiger partial charge in [-0.25, -0.2) is 0 Å². The molecule has 0 saturated carbocycles. The highest BCUT2D eigenvalue weighted by atomic mass is 15.2. The van der Waals surface area contributed by atoms with Crippen LogP contribution in [0.1, 0.15) is 91.5 Å². The largest absolute Gasteiger partial charge is 0.334 e. The number of nitrogens with zero attached hydrogens (tertiary/aromatic N) is 2. The SMILES string of the molecule is CC1(C)C2=CC(N(c3ccccc3)c3ccc4c(c3)C=CCC4)CC=C2c2ccc(/C=C/c3ccc4c(c3)C(C)(C)C3CC(N(c5ccccc5)c5ccc6ccccc6c5)=CC=C43)cc21. The Morgan fingerprint density at radius 1 is 0.591 bits per heavy atom. The smallest absolute Gasteiger partial charge is 0.0563 e. The van der Waals surface area contributed by atoms with E-state index in [9.17, 15) is 0 Å². The van der Waals surface area contributed by atoms with E-state index in [1.807, 2.05) is 0 Å². The van der Waals surface area contributed by atoms with Crippen molar-refractivity contribution >= 4 is 62.9 Å². The van der Waals surface area contributed by atoms with Crippen molar-refractivity contribution in [2.75, 3.05) is 9.80 Å². The molecule has 7 aromatic rings. The van der Waals surface area contributed by atoms with Crippen molar-refractivity contribution in [2.24, 2.45) is 5.92 Å². The van der Waals surface area contributed by atoms with Crippen LogP contribution >= 0.6 is 0 Å². The van der Waals surface area contributed by atoms with Gasteiger partial charge in [0.15, 0.2) is 0 Å². The molecule has 2 heteroatoms. The molecule has 0 N–H and O–H groups in total. The van der Waals surface area contributed by atoms with E-state index in [0.29, 0.717) is 5.92 Å². The summed E-state index contributed by atoms with van der Waals surface area (Å²) in [5.74, 6) is 0.374. The molecule has 2 unspecified atom stereocenters. The zero-order valence-electron chi connectivity index (χ0n) is 38.5. The monoisotopic (exact) mass is 852 g/mol. The molecule has 0 aromatic heterocycles. The van der Waals surface area contributed by atoms with Crippen molar-refractivity contribution in [3.63, 3.8) is 0 Å². The van der Waals surface area contributed by atoms with Crippen molar-refractivity contribution in [2.45, 2.75) is 70.3 Å². The summed E-state index contributed by atoms with van der Waals surface area (Å²) >= 11 is 0. The second-order valence-electron chi connectivity index (χ2n) is 20.1. The Balaban J connectivity index is 0.817. The summed E-state index contributed by atoms with van der Waals surface area (Å²) in [5, 5.41) is 2.52. The molecule has 5 aliphatic rings. The summed E-state index contributed by atoms with van der Waals surface area (Å²) in [6.45, 7) is 9.75. The Hall–Kier alpha value is -7.16. The summed E-state index contributed by atoms with van der Waals surface area (Å²) < 4.78 is 0. The molecule has 0 fully saturated rings. The van der Waals surface area contributed by atoms with E-state index < -0.39 is 0 Å². The van der Waals surface area contributed by atoms with Gasteiger partial charge in [-0.3, -0.25) is 0 Å². The lowest BCUT2D eigenvalue weighted by Crippen LogP contribution is -2.32. The molecule has 0 heterocycles. The Kier molecular flexibility index (Phi) is 9.65. The first-order chi connectivity index (χ1) is 32.2. The Bertz CT molecular complexity index is 3260. The van der Waals surface area contributed by atoms with Gasteiger partial charge >= 0.3 is 0 Å². The average molecular weight is 853 g/mol. The zero-order chi connectivity index (χ0) is 44.6. The average Bonchev–Trinajstić information content (AvgIpc) is 3.72. The molecule has 322 valence electrons. The van der Waals surface area contributed by atoms with Crippen LogP contribution in [0.2, 0.25) is 0 Å². The molecule has 0 spiro atoms. The number of hydrogen-bond donors (Lipinski definition) is 0. The maximum atomic E-state index is 2.58. The van der Waals surface area contributed by atoms with Gasteiger partial charge in [0.05, 0.1) is 6.04 Å². The van der Waals surface area contributed by atoms with E-state index in [1.165, 1.54) is 100 Å². The van der Waals surface area contributed by atoms with Crippen molar-refractivity contribution in [1.82, 2.24) is 0 Å². The lowest BCUT2D eigenvalue weighted by Gasteiger charge is -2.36. The standard InChI is InChI=1S/C64H56N2/c1-63(2)59-37-43(25-33-55(59)57-35-31-53(41-61(57)63)65(49-19-7-5-8-20-49)51-29-27-45-15-11-13-17-47(45)39-51)23-24-44-26-34-56-58-36-32-54(42-62(58)64(3,4)60(56)38-44)66(50-21-9-6-10-22-50)52-30-28-46-16-12-14-18-48(46)40-52/h5-11,13-15,17-31,33-40,42,54,61H,12,16,32,41H2,1-4H3/b24-23+. The van der Waals surface area contributed by atoms with Gasteiger partial charge in [0, 0.05) is 33.9 Å². The molecule has 5 aliphatic carbocycles. The molecule has 0 bridgehead atoms. The van der Waals surface area contributed by atoms with Crippen LogP contribution in [0.3, 0.4) is 0 Å². The van der Waals surface area contributed by atoms with E-state index in [0.717, 1.165) is 25.7 Å². The van der Waals surface area contributed by atoms with Gasteiger partial charge in [-0.1, -0.05) is 179 Å². The summed E-state index contributed by atoms with van der Waals surface area (Å²) in [5.41, 5.74) is 21.3. The van der Waals surface area contributed by atoms with Crippen molar-refractivity contribution in [1.29, 1.82) is 0 Å². The number of aryl methyl sites for hydroxylation is 1. The summed E-state index contributed by atoms with van der Waals surface area (Å²) in [4.78, 5) is 5.03. The minimum Gasteiger partial charge on any atom is -0.334 e. The van der Waals surface area contributed by atoms with Crippen LogP contribution in [0, 0.1) is 5.92 Å². The van der Waals surface area contributed by atoms with Gasteiger partial charge in [-0.05, 0) is 164 Å². The lowest BCUT2D eigenvalue weighted by molar-refractivity contribution is 0.406. The molecular weight excluding hydrogens is 797 g/mol. The zero-order valence-corrected chi connectivity index (χ0v) is 38.5. The fourth-order valence-corrected chi connectivity index (χ4v) is 11.9. The van der Waals surface area contributed by atoms with Crippen molar-refractivity contribution < 1.29 is 0 Å². The quantitative estimate of drug-likeness (QED) is 0.141. The maximum Gasteiger partial charge on any atom is 0.0563 e. The number of fused-ring (bicyclic) bond motifs is 8. The van der Waals surface area contributed by atoms with Crippen LogP contribution in [-0.2, 0) is 17.3 Å². The molecule has 2 atom stereocenters. The highest BCUT2D eigenvalue weighted by Crippen LogP contribution is 2.56. The Labute approximate surface area is 391 Å². The molecular formula is C64H56N2. The molecule has 66 heavy (non-hydrogen) atoms. The van der Waals surface area contributed by atoms with Crippen LogP contribution in [-0.4, -0.2) is 6.04 Å². The van der Waals surface area contributed by atoms with Crippen molar-refractivity contribution in [3.05, 3.63) is 244 Å². The minimum atomic E-state index is -0.122. The Morgan fingerprint density at radius 2 is 1.29 bits per heavy atom. The molecule has 0 saturated heterocycles. The number of allylic oxidation sites excluding steroid dienone is 7. The number of rotatable bonds is 8. The van der Waals surface area contributed by atoms with Crippen LogP contribution in [0.4, 0.5) is 22.7 Å². The van der Waals surface area contributed by atoms with Gasteiger partial charge in [0.1, 0.15) is 0 Å². The number of hydrogen-bond acceptors (Lipinski definition) is 2. The third kappa shape index (κ3) is 6.77. The normalized spacial score (nSPS) is 19.5. The molecule has 0 radical (unpaired) electrons. The second-order valence-corrected chi connectivity index (χ2v) is 20.1. The topological polar surface area (TPSA) is 6.48 Å². The van der Waals surface area contributed by atoms with Gasteiger partial charge < -0.3 is 9.80 Å². The van der Waals surface area contributed by atoms with E-state index >= 15 is 0 Å². The maximum absolute atomic E-state index is 2.58. The van der Waals surface area contributed by atoms with Gasteiger partial charge in [0.2, 0.25) is 0 Å². The van der Waals surface area contributed by atoms with E-state index in [1.54, 1.807) is 0 Å². The second kappa shape index (κ2) is 15.8. The van der Waals surface area contributed by atoms with Crippen LogP contribution < -0.4 is 9.80 Å². The molecule has 2 nitrogen and oxygen atoms in total. The number of benzene rings is 7. The summed E-state index contributed by atoms with van der Waals surface area (Å²) in [6, 6.07) is 58.9. The van der Waals surface area contributed by atoms with Crippen LogP contribution in [0.5, 0.6) is 0 Å². The van der Waals surface area contributed by atoms with Crippen LogP contribution in [0.15, 0.2) is 199 Å². The molecule has 7 aromatic carbocycles. The third-order valence-corrected chi connectivity index (χ3v) is 15.5.